The van der Waals surface area contributed by atoms with Gasteiger partial charge in [0.05, 0.1) is 13.2 Å². The van der Waals surface area contributed by atoms with Crippen molar-refractivity contribution in [3.8, 4) is 5.75 Å². The Morgan fingerprint density at radius 3 is 2.14 bits per heavy atom. The average molecular weight is 300 g/mol. The third kappa shape index (κ3) is 7.04. The van der Waals surface area contributed by atoms with Crippen LogP contribution in [0.3, 0.4) is 0 Å². The van der Waals surface area contributed by atoms with Gasteiger partial charge in [-0.1, -0.05) is 55.8 Å². The van der Waals surface area contributed by atoms with E-state index >= 15 is 0 Å². The van der Waals surface area contributed by atoms with E-state index in [0.717, 1.165) is 36.3 Å². The number of aliphatic hydroxyl groups excluding tert-OH is 1. The number of carbonyl (C=O) groups is 1. The van der Waals surface area contributed by atoms with Gasteiger partial charge in [0.1, 0.15) is 5.75 Å². The molecule has 3 heteroatoms. The van der Waals surface area contributed by atoms with Crippen molar-refractivity contribution < 1.29 is 14.6 Å². The molecule has 0 aliphatic carbocycles. The molecule has 2 rings (SSSR count). The van der Waals surface area contributed by atoms with Gasteiger partial charge in [-0.05, 0) is 31.0 Å². The summed E-state index contributed by atoms with van der Waals surface area (Å²) in [5.41, 5.74) is 1.69. The third-order valence-corrected chi connectivity index (χ3v) is 3.05. The lowest BCUT2D eigenvalue weighted by atomic mass is 10.2. The SMILES string of the molecule is CC(=O)c1ccccc1.CCCCOc1ccc(CO)cc1. The van der Waals surface area contributed by atoms with E-state index in [1.807, 2.05) is 54.6 Å². The van der Waals surface area contributed by atoms with E-state index in [1.165, 1.54) is 0 Å². The molecule has 0 aromatic heterocycles. The highest BCUT2D eigenvalue weighted by atomic mass is 16.5. The lowest BCUT2D eigenvalue weighted by Crippen LogP contribution is -1.96. The molecule has 1 N–H and O–H groups in total. The van der Waals surface area contributed by atoms with E-state index in [2.05, 4.69) is 6.92 Å². The molecule has 0 aliphatic rings. The van der Waals surface area contributed by atoms with Gasteiger partial charge in [-0.15, -0.1) is 0 Å². The molecule has 0 radical (unpaired) electrons. The summed E-state index contributed by atoms with van der Waals surface area (Å²) < 4.78 is 5.46. The average Bonchev–Trinajstić information content (AvgIpc) is 2.57. The number of rotatable bonds is 6. The van der Waals surface area contributed by atoms with Gasteiger partial charge in [-0.3, -0.25) is 4.79 Å². The number of ether oxygens (including phenoxy) is 1. The number of carbonyl (C=O) groups excluding carboxylic acids is 1. The molecule has 0 fully saturated rings. The minimum Gasteiger partial charge on any atom is -0.494 e. The van der Waals surface area contributed by atoms with Gasteiger partial charge < -0.3 is 9.84 Å². The molecule has 118 valence electrons. The Hall–Kier alpha value is -2.13. The fourth-order valence-corrected chi connectivity index (χ4v) is 1.70. The van der Waals surface area contributed by atoms with E-state index in [1.54, 1.807) is 6.92 Å². The normalized spacial score (nSPS) is 9.59. The predicted octanol–water partition coefficient (Wildman–Crippen LogP) is 4.25. The zero-order valence-corrected chi connectivity index (χ0v) is 13.3. The number of unbranched alkanes of at least 4 members (excludes halogenated alkanes) is 1. The highest BCUT2D eigenvalue weighted by Crippen LogP contribution is 2.12. The van der Waals surface area contributed by atoms with Gasteiger partial charge in [-0.2, -0.15) is 0 Å². The standard InChI is InChI=1S/C11H16O2.C8H8O/c1-2-3-8-13-11-6-4-10(9-12)5-7-11;1-7(9)8-5-3-2-4-6-8/h4-7,12H,2-3,8-9H2,1H3;2-6H,1H3. The number of hydrogen-bond acceptors (Lipinski definition) is 3. The minimum absolute atomic E-state index is 0.0925. The summed E-state index contributed by atoms with van der Waals surface area (Å²) in [5, 5.41) is 8.80. The summed E-state index contributed by atoms with van der Waals surface area (Å²) >= 11 is 0. The first-order chi connectivity index (χ1) is 10.7. The fraction of sp³-hybridized carbons (Fsp3) is 0.316. The summed E-state index contributed by atoms with van der Waals surface area (Å²) in [5.74, 6) is 1.00. The van der Waals surface area contributed by atoms with E-state index in [0.29, 0.717) is 0 Å². The topological polar surface area (TPSA) is 46.5 Å². The van der Waals surface area contributed by atoms with Crippen molar-refractivity contribution >= 4 is 5.78 Å². The van der Waals surface area contributed by atoms with Crippen molar-refractivity contribution in [2.45, 2.75) is 33.3 Å². The largest absolute Gasteiger partial charge is 0.494 e. The second kappa shape index (κ2) is 10.6. The summed E-state index contributed by atoms with van der Waals surface area (Å²) in [6, 6.07) is 16.8. The first-order valence-electron chi connectivity index (χ1n) is 7.56. The van der Waals surface area contributed by atoms with Crippen molar-refractivity contribution in [3.63, 3.8) is 0 Å². The molecular weight excluding hydrogens is 276 g/mol. The van der Waals surface area contributed by atoms with Crippen molar-refractivity contribution in [3.05, 3.63) is 65.7 Å². The number of aliphatic hydroxyl groups is 1. The number of ketones is 1. The molecule has 0 atom stereocenters. The Bertz CT molecular complexity index is 532. The Morgan fingerprint density at radius 1 is 1.05 bits per heavy atom. The van der Waals surface area contributed by atoms with Gasteiger partial charge in [-0.25, -0.2) is 0 Å². The molecule has 2 aromatic rings. The highest BCUT2D eigenvalue weighted by molar-refractivity contribution is 5.93. The van der Waals surface area contributed by atoms with Crippen LogP contribution in [0.4, 0.5) is 0 Å². The van der Waals surface area contributed by atoms with Crippen LogP contribution in [0, 0.1) is 0 Å². The number of hydrogen-bond donors (Lipinski definition) is 1. The van der Waals surface area contributed by atoms with Crippen LogP contribution in [0.25, 0.3) is 0 Å². The van der Waals surface area contributed by atoms with E-state index in [4.69, 9.17) is 9.84 Å². The molecule has 0 unspecified atom stereocenters. The van der Waals surface area contributed by atoms with Crippen LogP contribution in [0.5, 0.6) is 5.75 Å². The first kappa shape index (κ1) is 17.9. The van der Waals surface area contributed by atoms with Crippen LogP contribution in [0.2, 0.25) is 0 Å². The van der Waals surface area contributed by atoms with Crippen molar-refractivity contribution in [1.82, 2.24) is 0 Å². The lowest BCUT2D eigenvalue weighted by Gasteiger charge is -2.05. The molecule has 0 saturated heterocycles. The van der Waals surface area contributed by atoms with E-state index < -0.39 is 0 Å². The molecule has 0 bridgehead atoms. The Balaban J connectivity index is 0.000000235. The summed E-state index contributed by atoms with van der Waals surface area (Å²) in [7, 11) is 0. The zero-order chi connectivity index (χ0) is 16.2. The van der Waals surface area contributed by atoms with Crippen LogP contribution in [0.1, 0.15) is 42.6 Å². The highest BCUT2D eigenvalue weighted by Gasteiger charge is 1.94. The van der Waals surface area contributed by atoms with Gasteiger partial charge in [0.2, 0.25) is 0 Å². The lowest BCUT2D eigenvalue weighted by molar-refractivity contribution is 0.101. The maximum absolute atomic E-state index is 10.6. The van der Waals surface area contributed by atoms with E-state index in [9.17, 15) is 4.79 Å². The van der Waals surface area contributed by atoms with Gasteiger partial charge >= 0.3 is 0 Å². The quantitative estimate of drug-likeness (QED) is 0.641. The second-order valence-electron chi connectivity index (χ2n) is 4.93. The van der Waals surface area contributed by atoms with Crippen LogP contribution in [-0.2, 0) is 6.61 Å². The Kier molecular flexibility index (Phi) is 8.61. The fourth-order valence-electron chi connectivity index (χ4n) is 1.70. The Morgan fingerprint density at radius 2 is 1.68 bits per heavy atom. The Labute approximate surface area is 132 Å². The predicted molar refractivity (Wildman–Crippen MR) is 89.2 cm³/mol. The summed E-state index contributed by atoms with van der Waals surface area (Å²) in [4.78, 5) is 10.6. The monoisotopic (exact) mass is 300 g/mol. The molecule has 3 nitrogen and oxygen atoms in total. The number of benzene rings is 2. The second-order valence-corrected chi connectivity index (χ2v) is 4.93. The zero-order valence-electron chi connectivity index (χ0n) is 13.3. The van der Waals surface area contributed by atoms with Crippen molar-refractivity contribution in [2.24, 2.45) is 0 Å². The third-order valence-electron chi connectivity index (χ3n) is 3.05. The van der Waals surface area contributed by atoms with Gasteiger partial charge in [0, 0.05) is 5.56 Å². The van der Waals surface area contributed by atoms with Crippen molar-refractivity contribution in [1.29, 1.82) is 0 Å². The van der Waals surface area contributed by atoms with Gasteiger partial charge in [0.15, 0.2) is 5.78 Å². The van der Waals surface area contributed by atoms with Crippen LogP contribution in [0.15, 0.2) is 54.6 Å². The van der Waals surface area contributed by atoms with Gasteiger partial charge in [0.25, 0.3) is 0 Å². The molecule has 0 aliphatic heterocycles. The van der Waals surface area contributed by atoms with Crippen LogP contribution in [-0.4, -0.2) is 17.5 Å². The smallest absolute Gasteiger partial charge is 0.159 e. The summed E-state index contributed by atoms with van der Waals surface area (Å²) in [6.07, 6.45) is 2.23. The minimum atomic E-state index is 0.0925. The molecular formula is C19H24O3. The molecule has 0 spiro atoms. The number of Topliss-reactive ketones (excluding diaryl/α,β-unsaturated/α-hetero) is 1. The maximum Gasteiger partial charge on any atom is 0.159 e. The molecule has 22 heavy (non-hydrogen) atoms. The van der Waals surface area contributed by atoms with Crippen LogP contribution < -0.4 is 4.74 Å². The molecule has 0 amide bonds. The molecule has 0 saturated carbocycles. The first-order valence-corrected chi connectivity index (χ1v) is 7.56. The maximum atomic E-state index is 10.6. The molecule has 2 aromatic carbocycles. The van der Waals surface area contributed by atoms with E-state index in [-0.39, 0.29) is 12.4 Å². The summed E-state index contributed by atoms with van der Waals surface area (Å²) in [6.45, 7) is 4.57. The molecule has 0 heterocycles. The van der Waals surface area contributed by atoms with Crippen LogP contribution >= 0.6 is 0 Å². The van der Waals surface area contributed by atoms with Crippen molar-refractivity contribution in [2.75, 3.05) is 6.61 Å².